The van der Waals surface area contributed by atoms with Crippen molar-refractivity contribution in [1.29, 1.82) is 0 Å². The molecule has 1 amide bonds. The van der Waals surface area contributed by atoms with E-state index in [0.717, 1.165) is 6.42 Å². The van der Waals surface area contributed by atoms with Crippen molar-refractivity contribution < 1.29 is 19.4 Å². The molecule has 0 radical (unpaired) electrons. The molecule has 1 aliphatic heterocycles. The molecule has 0 aliphatic carbocycles. The Kier molecular flexibility index (Phi) is 4.47. The number of hydrogen-bond acceptors (Lipinski definition) is 4. The van der Waals surface area contributed by atoms with Crippen molar-refractivity contribution in [2.75, 3.05) is 13.2 Å². The Morgan fingerprint density at radius 3 is 2.65 bits per heavy atom. The van der Waals surface area contributed by atoms with Crippen LogP contribution in [0.5, 0.6) is 0 Å². The van der Waals surface area contributed by atoms with Crippen LogP contribution in [-0.4, -0.2) is 41.8 Å². The maximum Gasteiger partial charge on any atom is 0.331 e. The van der Waals surface area contributed by atoms with Crippen LogP contribution in [0.15, 0.2) is 0 Å². The average molecular weight is 244 g/mol. The maximum atomic E-state index is 11.9. The van der Waals surface area contributed by atoms with Gasteiger partial charge in [0.2, 0.25) is 5.91 Å². The fourth-order valence-electron chi connectivity index (χ4n) is 1.72. The predicted octanol–water partition coefficient (Wildman–Crippen LogP) is -0.280. The molecule has 1 fully saturated rings. The molecule has 6 heteroatoms. The highest BCUT2D eigenvalue weighted by molar-refractivity contribution is 5.90. The number of nitrogens with two attached hydrogens (primary N) is 1. The number of amides is 1. The highest BCUT2D eigenvalue weighted by Gasteiger charge is 2.44. The molecule has 4 N–H and O–H groups in total. The average Bonchev–Trinajstić information content (AvgIpc) is 2.76. The Balaban J connectivity index is 2.68. The van der Waals surface area contributed by atoms with Gasteiger partial charge < -0.3 is 20.9 Å². The van der Waals surface area contributed by atoms with Gasteiger partial charge >= 0.3 is 5.97 Å². The summed E-state index contributed by atoms with van der Waals surface area (Å²) in [6.07, 6.45) is 1.05. The van der Waals surface area contributed by atoms with Crippen LogP contribution in [-0.2, 0) is 14.3 Å². The second kappa shape index (κ2) is 5.46. The Bertz CT molecular complexity index is 300. The quantitative estimate of drug-likeness (QED) is 0.617. The van der Waals surface area contributed by atoms with Crippen LogP contribution >= 0.6 is 0 Å². The molecule has 0 aromatic heterocycles. The Labute approximate surface area is 101 Å². The van der Waals surface area contributed by atoms with E-state index >= 15 is 0 Å². The number of nitrogens with one attached hydrogen (secondary N) is 1. The van der Waals surface area contributed by atoms with Crippen molar-refractivity contribution >= 4 is 11.9 Å². The van der Waals surface area contributed by atoms with Crippen molar-refractivity contribution in [2.45, 2.75) is 38.3 Å². The zero-order valence-corrected chi connectivity index (χ0v) is 10.2. The summed E-state index contributed by atoms with van der Waals surface area (Å²) in [5, 5.41) is 11.7. The van der Waals surface area contributed by atoms with Crippen LogP contribution in [0.2, 0.25) is 0 Å². The summed E-state index contributed by atoms with van der Waals surface area (Å²) in [4.78, 5) is 23.0. The van der Waals surface area contributed by atoms with E-state index in [4.69, 9.17) is 15.6 Å². The fraction of sp³-hybridized carbons (Fsp3) is 0.818. The van der Waals surface area contributed by atoms with Crippen molar-refractivity contribution in [3.05, 3.63) is 0 Å². The van der Waals surface area contributed by atoms with Gasteiger partial charge in [0.15, 0.2) is 5.54 Å². The lowest BCUT2D eigenvalue weighted by Crippen LogP contribution is -2.59. The number of carbonyl (C=O) groups excluding carboxylic acids is 1. The van der Waals surface area contributed by atoms with Gasteiger partial charge in [-0.3, -0.25) is 4.79 Å². The molecule has 1 saturated heterocycles. The van der Waals surface area contributed by atoms with E-state index in [0.29, 0.717) is 6.61 Å². The normalized spacial score (nSPS) is 27.5. The van der Waals surface area contributed by atoms with Gasteiger partial charge in [-0.1, -0.05) is 20.3 Å². The first-order valence-corrected chi connectivity index (χ1v) is 5.81. The molecule has 0 spiro atoms. The van der Waals surface area contributed by atoms with E-state index in [2.05, 4.69) is 5.32 Å². The third-order valence-electron chi connectivity index (χ3n) is 3.35. The molecule has 6 nitrogen and oxygen atoms in total. The minimum atomic E-state index is -1.30. The molecular weight excluding hydrogens is 224 g/mol. The molecule has 0 bridgehead atoms. The molecule has 3 unspecified atom stereocenters. The number of ether oxygens (including phenoxy) is 1. The predicted molar refractivity (Wildman–Crippen MR) is 61.4 cm³/mol. The van der Waals surface area contributed by atoms with Crippen LogP contribution in [0.3, 0.4) is 0 Å². The van der Waals surface area contributed by atoms with Crippen LogP contribution in [0, 0.1) is 5.92 Å². The Morgan fingerprint density at radius 1 is 1.59 bits per heavy atom. The highest BCUT2D eigenvalue weighted by atomic mass is 16.5. The van der Waals surface area contributed by atoms with Gasteiger partial charge in [0, 0.05) is 13.0 Å². The van der Waals surface area contributed by atoms with Gasteiger partial charge in [-0.05, 0) is 5.92 Å². The number of aliphatic carboxylic acids is 1. The first-order valence-electron chi connectivity index (χ1n) is 5.81. The minimum absolute atomic E-state index is 0.00129. The number of carbonyl (C=O) groups is 2. The van der Waals surface area contributed by atoms with E-state index in [1.54, 1.807) is 0 Å². The summed E-state index contributed by atoms with van der Waals surface area (Å²) in [5.74, 6) is -1.48. The molecule has 0 aromatic carbocycles. The van der Waals surface area contributed by atoms with Crippen molar-refractivity contribution in [3.8, 4) is 0 Å². The van der Waals surface area contributed by atoms with Crippen LogP contribution in [0.1, 0.15) is 26.7 Å². The maximum absolute atomic E-state index is 11.9. The van der Waals surface area contributed by atoms with E-state index < -0.39 is 23.5 Å². The molecule has 98 valence electrons. The molecule has 1 aliphatic rings. The van der Waals surface area contributed by atoms with Crippen molar-refractivity contribution in [1.82, 2.24) is 5.32 Å². The lowest BCUT2D eigenvalue weighted by Gasteiger charge is -2.27. The van der Waals surface area contributed by atoms with Crippen molar-refractivity contribution in [3.63, 3.8) is 0 Å². The van der Waals surface area contributed by atoms with E-state index in [1.807, 2.05) is 13.8 Å². The fourth-order valence-corrected chi connectivity index (χ4v) is 1.72. The molecular formula is C11H20N2O4. The molecule has 0 aromatic rings. The summed E-state index contributed by atoms with van der Waals surface area (Å²) >= 11 is 0. The van der Waals surface area contributed by atoms with Gasteiger partial charge in [0.1, 0.15) is 0 Å². The van der Waals surface area contributed by atoms with Gasteiger partial charge in [0.25, 0.3) is 0 Å². The molecule has 0 saturated carbocycles. The standard InChI is InChI=1S/C11H20N2O4/c1-3-7(2)8(12)9(14)13-11(10(15)16)4-5-17-6-11/h7-8H,3-6,12H2,1-2H3,(H,13,14)(H,15,16). The van der Waals surface area contributed by atoms with Gasteiger partial charge in [-0.25, -0.2) is 4.79 Å². The minimum Gasteiger partial charge on any atom is -0.479 e. The van der Waals surface area contributed by atoms with E-state index in [-0.39, 0.29) is 18.9 Å². The summed E-state index contributed by atoms with van der Waals surface area (Å²) in [6.45, 7) is 4.14. The SMILES string of the molecule is CCC(C)C(N)C(=O)NC1(C(=O)O)CCOC1. The first-order chi connectivity index (χ1) is 7.93. The van der Waals surface area contributed by atoms with Gasteiger partial charge in [-0.15, -0.1) is 0 Å². The lowest BCUT2D eigenvalue weighted by atomic mass is 9.95. The Hall–Kier alpha value is -1.14. The number of carboxylic acid groups (broad SMARTS) is 1. The molecule has 1 heterocycles. The summed E-state index contributed by atoms with van der Waals surface area (Å²) in [7, 11) is 0. The smallest absolute Gasteiger partial charge is 0.331 e. The van der Waals surface area contributed by atoms with Crippen LogP contribution in [0.4, 0.5) is 0 Å². The third-order valence-corrected chi connectivity index (χ3v) is 3.35. The second-order valence-electron chi connectivity index (χ2n) is 4.59. The van der Waals surface area contributed by atoms with Gasteiger partial charge in [-0.2, -0.15) is 0 Å². The highest BCUT2D eigenvalue weighted by Crippen LogP contribution is 2.19. The number of rotatable bonds is 5. The van der Waals surface area contributed by atoms with E-state index in [9.17, 15) is 9.59 Å². The lowest BCUT2D eigenvalue weighted by molar-refractivity contribution is -0.148. The third kappa shape index (κ3) is 2.95. The molecule has 3 atom stereocenters. The topological polar surface area (TPSA) is 102 Å². The van der Waals surface area contributed by atoms with Crippen LogP contribution < -0.4 is 11.1 Å². The zero-order chi connectivity index (χ0) is 13.1. The van der Waals surface area contributed by atoms with E-state index in [1.165, 1.54) is 0 Å². The molecule has 1 rings (SSSR count). The molecule has 17 heavy (non-hydrogen) atoms. The van der Waals surface area contributed by atoms with Crippen molar-refractivity contribution in [2.24, 2.45) is 11.7 Å². The van der Waals surface area contributed by atoms with Gasteiger partial charge in [0.05, 0.1) is 12.6 Å². The second-order valence-corrected chi connectivity index (χ2v) is 4.59. The summed E-state index contributed by atoms with van der Waals surface area (Å²) < 4.78 is 5.05. The number of carboxylic acids is 1. The zero-order valence-electron chi connectivity index (χ0n) is 10.2. The Morgan fingerprint density at radius 2 is 2.24 bits per heavy atom. The monoisotopic (exact) mass is 244 g/mol. The van der Waals surface area contributed by atoms with Crippen LogP contribution in [0.25, 0.3) is 0 Å². The summed E-state index contributed by atoms with van der Waals surface area (Å²) in [6, 6.07) is -0.683. The largest absolute Gasteiger partial charge is 0.479 e. The first kappa shape index (κ1) is 13.9. The summed E-state index contributed by atoms with van der Waals surface area (Å²) in [5.41, 5.74) is 4.46. The number of hydrogen-bond donors (Lipinski definition) is 3.